The number of rotatable bonds is 7. The van der Waals surface area contributed by atoms with E-state index in [2.05, 4.69) is 19.6 Å². The maximum Gasteiger partial charge on any atom is 0.214 e. The molecule has 0 aromatic carbocycles. The average Bonchev–Trinajstić information content (AvgIpc) is 3.00. The van der Waals surface area contributed by atoms with Gasteiger partial charge in [0.05, 0.1) is 24.5 Å². The molecule has 3 rings (SSSR count). The van der Waals surface area contributed by atoms with E-state index in [-0.39, 0.29) is 11.8 Å². The molecule has 2 aliphatic heterocycles. The average molecular weight is 376 g/mol. The minimum absolute atomic E-state index is 0.0697. The van der Waals surface area contributed by atoms with Crippen LogP contribution in [0.4, 0.5) is 0 Å². The molecule has 1 saturated carbocycles. The van der Waals surface area contributed by atoms with Gasteiger partial charge in [0.2, 0.25) is 10.0 Å². The Kier molecular flexibility index (Phi) is 5.48. The normalized spacial score (nSPS) is 34.8. The van der Waals surface area contributed by atoms with Gasteiger partial charge >= 0.3 is 0 Å². The zero-order valence-electron chi connectivity index (χ0n) is 15.4. The zero-order chi connectivity index (χ0) is 17.4. The fraction of sp³-hybridized carbons (Fsp3) is 1.00. The van der Waals surface area contributed by atoms with E-state index in [1.165, 1.54) is 6.42 Å². The van der Waals surface area contributed by atoms with Gasteiger partial charge in [0.15, 0.2) is 6.29 Å². The van der Waals surface area contributed by atoms with Gasteiger partial charge in [-0.25, -0.2) is 8.42 Å². The number of hydrogen-bond acceptors (Lipinski definition) is 4. The van der Waals surface area contributed by atoms with Crippen molar-refractivity contribution >= 4 is 18.1 Å². The summed E-state index contributed by atoms with van der Waals surface area (Å²) < 4.78 is 38.6. The first-order chi connectivity index (χ1) is 11.2. The van der Waals surface area contributed by atoms with Crippen LogP contribution in [0.15, 0.2) is 0 Å². The zero-order valence-corrected chi connectivity index (χ0v) is 17.2. The first-order valence-corrected chi connectivity index (χ1v) is 14.8. The fourth-order valence-electron chi connectivity index (χ4n) is 4.29. The number of sulfonamides is 1. The third-order valence-corrected chi connectivity index (χ3v) is 9.87. The van der Waals surface area contributed by atoms with Gasteiger partial charge < -0.3 is 9.47 Å². The lowest BCUT2D eigenvalue weighted by Crippen LogP contribution is -2.37. The minimum Gasteiger partial charge on any atom is -0.350 e. The molecule has 7 heteroatoms. The Hall–Kier alpha value is 0.0469. The maximum absolute atomic E-state index is 12.8. The summed E-state index contributed by atoms with van der Waals surface area (Å²) in [4.78, 5) is 0. The molecule has 140 valence electrons. The van der Waals surface area contributed by atoms with E-state index >= 15 is 0 Å². The van der Waals surface area contributed by atoms with Crippen LogP contribution in [0.5, 0.6) is 0 Å². The second kappa shape index (κ2) is 6.99. The van der Waals surface area contributed by atoms with E-state index in [0.29, 0.717) is 24.9 Å². The summed E-state index contributed by atoms with van der Waals surface area (Å²) in [5.74, 6) is 0.812. The molecule has 0 aromatic rings. The standard InChI is InChI=1S/C17H33NO4SSi/c1-24(2,3)13-12-23(19,20)18-14-17(18)9-5-4-6-15(17)7-8-16-21-10-11-22-16/h15-16H,4-14H2,1-3H3/t15-,17-,18?/m0/s1. The van der Waals surface area contributed by atoms with Gasteiger partial charge in [0.1, 0.15) is 0 Å². The Morgan fingerprint density at radius 2 is 1.83 bits per heavy atom. The van der Waals surface area contributed by atoms with Crippen LogP contribution in [0.3, 0.4) is 0 Å². The largest absolute Gasteiger partial charge is 0.350 e. The summed E-state index contributed by atoms with van der Waals surface area (Å²) in [7, 11) is -4.43. The van der Waals surface area contributed by atoms with Crippen LogP contribution in [0, 0.1) is 5.92 Å². The van der Waals surface area contributed by atoms with E-state index in [1.54, 1.807) is 0 Å². The van der Waals surface area contributed by atoms with Gasteiger partial charge in [-0.3, -0.25) is 0 Å². The predicted octanol–water partition coefficient (Wildman–Crippen LogP) is 3.05. The fourth-order valence-corrected chi connectivity index (χ4v) is 9.21. The quantitative estimate of drug-likeness (QED) is 0.507. The van der Waals surface area contributed by atoms with Crippen molar-refractivity contribution in [1.29, 1.82) is 0 Å². The van der Waals surface area contributed by atoms with Crippen molar-refractivity contribution in [2.24, 2.45) is 5.92 Å². The highest BCUT2D eigenvalue weighted by atomic mass is 32.2. The molecule has 1 spiro atoms. The first-order valence-electron chi connectivity index (χ1n) is 9.47. The Bertz CT molecular complexity index is 541. The summed E-state index contributed by atoms with van der Waals surface area (Å²) in [6, 6.07) is 0.857. The van der Waals surface area contributed by atoms with Gasteiger partial charge in [0.25, 0.3) is 0 Å². The Morgan fingerprint density at radius 3 is 2.50 bits per heavy atom. The first kappa shape index (κ1) is 18.8. The van der Waals surface area contributed by atoms with E-state index in [4.69, 9.17) is 9.47 Å². The number of hydrogen-bond donors (Lipinski definition) is 0. The monoisotopic (exact) mass is 375 g/mol. The predicted molar refractivity (Wildman–Crippen MR) is 98.3 cm³/mol. The molecule has 0 amide bonds. The highest BCUT2D eigenvalue weighted by Crippen LogP contribution is 2.52. The molecule has 0 aromatic heterocycles. The van der Waals surface area contributed by atoms with Crippen LogP contribution in [0.2, 0.25) is 25.7 Å². The molecule has 5 nitrogen and oxygen atoms in total. The van der Waals surface area contributed by atoms with Crippen LogP contribution in [-0.2, 0) is 19.5 Å². The number of nitrogens with zero attached hydrogens (tertiary/aromatic N) is 1. The highest BCUT2D eigenvalue weighted by Gasteiger charge is 2.62. The lowest BCUT2D eigenvalue weighted by atomic mass is 9.76. The maximum atomic E-state index is 12.8. The summed E-state index contributed by atoms with van der Waals surface area (Å²) in [6.07, 6.45) is 6.41. The van der Waals surface area contributed by atoms with E-state index in [1.807, 2.05) is 4.31 Å². The molecule has 3 atom stereocenters. The van der Waals surface area contributed by atoms with Crippen molar-refractivity contribution < 1.29 is 17.9 Å². The molecule has 2 heterocycles. The molecule has 1 aliphatic carbocycles. The van der Waals surface area contributed by atoms with Crippen LogP contribution in [0.25, 0.3) is 0 Å². The Balaban J connectivity index is 1.60. The van der Waals surface area contributed by atoms with Crippen LogP contribution in [0.1, 0.15) is 38.5 Å². The van der Waals surface area contributed by atoms with Gasteiger partial charge in [-0.05, 0) is 37.6 Å². The second-order valence-electron chi connectivity index (χ2n) is 8.93. The van der Waals surface area contributed by atoms with Crippen LogP contribution >= 0.6 is 0 Å². The molecule has 0 bridgehead atoms. The van der Waals surface area contributed by atoms with Gasteiger partial charge in [0, 0.05) is 14.6 Å². The molecular formula is C17H33NO4SSi. The van der Waals surface area contributed by atoms with Crippen molar-refractivity contribution in [2.75, 3.05) is 25.5 Å². The van der Waals surface area contributed by atoms with Crippen molar-refractivity contribution in [3.05, 3.63) is 0 Å². The van der Waals surface area contributed by atoms with Gasteiger partial charge in [-0.1, -0.05) is 32.5 Å². The van der Waals surface area contributed by atoms with Crippen molar-refractivity contribution in [3.63, 3.8) is 0 Å². The molecule has 1 unspecified atom stereocenters. The third-order valence-electron chi connectivity index (χ3n) is 5.87. The minimum atomic E-state index is -3.09. The SMILES string of the molecule is C[Si](C)(C)CCS(=O)(=O)N1C[C@]12CCCC[C@H]2CCC1OCCO1. The molecule has 3 aliphatic rings. The van der Waals surface area contributed by atoms with Gasteiger partial charge in [-0.15, -0.1) is 0 Å². The Labute approximate surface area is 148 Å². The van der Waals surface area contributed by atoms with Crippen molar-refractivity contribution in [3.8, 4) is 0 Å². The summed E-state index contributed by atoms with van der Waals surface area (Å²) in [6.45, 7) is 8.86. The lowest BCUT2D eigenvalue weighted by Gasteiger charge is -2.33. The number of ether oxygens (including phenoxy) is 2. The van der Waals surface area contributed by atoms with E-state index in [9.17, 15) is 8.42 Å². The van der Waals surface area contributed by atoms with Crippen LogP contribution < -0.4 is 0 Å². The third kappa shape index (κ3) is 4.23. The summed E-state index contributed by atoms with van der Waals surface area (Å²) in [5.41, 5.74) is -0.0743. The molecule has 0 N–H and O–H groups in total. The van der Waals surface area contributed by atoms with Crippen molar-refractivity contribution in [1.82, 2.24) is 4.31 Å². The molecule has 0 radical (unpaired) electrons. The highest BCUT2D eigenvalue weighted by molar-refractivity contribution is 7.89. The van der Waals surface area contributed by atoms with E-state index in [0.717, 1.165) is 44.7 Å². The molecule has 3 fully saturated rings. The molecule has 24 heavy (non-hydrogen) atoms. The van der Waals surface area contributed by atoms with E-state index < -0.39 is 18.1 Å². The lowest BCUT2D eigenvalue weighted by molar-refractivity contribution is -0.0520. The molecule has 2 saturated heterocycles. The second-order valence-corrected chi connectivity index (χ2v) is 16.6. The van der Waals surface area contributed by atoms with Crippen molar-refractivity contribution in [2.45, 2.75) is 76.0 Å². The Morgan fingerprint density at radius 1 is 1.12 bits per heavy atom. The topological polar surface area (TPSA) is 55.6 Å². The smallest absolute Gasteiger partial charge is 0.214 e. The summed E-state index contributed by atoms with van der Waals surface area (Å²) >= 11 is 0. The summed E-state index contributed by atoms with van der Waals surface area (Å²) in [5, 5.41) is 0. The van der Waals surface area contributed by atoms with Crippen LogP contribution in [-0.4, -0.2) is 58.1 Å². The molecular weight excluding hydrogens is 342 g/mol. The van der Waals surface area contributed by atoms with Gasteiger partial charge in [-0.2, -0.15) is 4.31 Å².